The Morgan fingerprint density at radius 3 is 1.81 bits per heavy atom. The van der Waals surface area contributed by atoms with E-state index in [0.717, 1.165) is 17.2 Å². The van der Waals surface area contributed by atoms with E-state index in [-0.39, 0.29) is 17.8 Å². The van der Waals surface area contributed by atoms with Crippen LogP contribution in [0.3, 0.4) is 0 Å². The van der Waals surface area contributed by atoms with Crippen LogP contribution in [0.25, 0.3) is 0 Å². The van der Waals surface area contributed by atoms with Crippen LogP contribution in [0, 0.1) is 23.4 Å². The molecule has 1 heterocycles. The van der Waals surface area contributed by atoms with Crippen LogP contribution in [0.2, 0.25) is 5.02 Å². The molecule has 3 aromatic rings. The highest BCUT2D eigenvalue weighted by atomic mass is 35.5. The van der Waals surface area contributed by atoms with E-state index in [1.165, 1.54) is 24.3 Å². The van der Waals surface area contributed by atoms with Crippen molar-refractivity contribution in [3.8, 4) is 0 Å². The second-order valence-electron chi connectivity index (χ2n) is 9.05. The molecule has 32 heavy (non-hydrogen) atoms. The second kappa shape index (κ2) is 8.89. The minimum absolute atomic E-state index is 0.00792. The van der Waals surface area contributed by atoms with Crippen molar-refractivity contribution >= 4 is 11.6 Å². The summed E-state index contributed by atoms with van der Waals surface area (Å²) in [5, 5.41) is 11.5. The number of benzene rings is 3. The highest BCUT2D eigenvalue weighted by Crippen LogP contribution is 2.44. The highest BCUT2D eigenvalue weighted by Gasteiger charge is 2.44. The van der Waals surface area contributed by atoms with Crippen LogP contribution in [0.5, 0.6) is 0 Å². The minimum atomic E-state index is -1.16. The van der Waals surface area contributed by atoms with Gasteiger partial charge in [-0.2, -0.15) is 0 Å². The first-order chi connectivity index (χ1) is 15.1. The molecule has 0 saturated carbocycles. The molecule has 1 saturated heterocycles. The lowest BCUT2D eigenvalue weighted by atomic mass is 9.71. The lowest BCUT2D eigenvalue weighted by molar-refractivity contribution is -0.0309. The third-order valence-corrected chi connectivity index (χ3v) is 6.40. The molecule has 2 unspecified atom stereocenters. The van der Waals surface area contributed by atoms with Crippen molar-refractivity contribution in [3.05, 3.63) is 106 Å². The molecular weight excluding hydrogens is 435 g/mol. The van der Waals surface area contributed by atoms with E-state index < -0.39 is 23.2 Å². The fourth-order valence-corrected chi connectivity index (χ4v) is 5.01. The zero-order valence-corrected chi connectivity index (χ0v) is 18.7. The maximum Gasteiger partial charge on any atom is 0.126 e. The lowest BCUT2D eigenvalue weighted by Crippen LogP contribution is -2.54. The normalized spacial score (nSPS) is 17.1. The van der Waals surface area contributed by atoms with E-state index in [0.29, 0.717) is 23.7 Å². The van der Waals surface area contributed by atoms with Gasteiger partial charge in [0.1, 0.15) is 17.5 Å². The highest BCUT2D eigenvalue weighted by molar-refractivity contribution is 6.30. The van der Waals surface area contributed by atoms with Gasteiger partial charge >= 0.3 is 0 Å². The molecule has 6 heteroatoms. The van der Waals surface area contributed by atoms with Crippen molar-refractivity contribution in [1.29, 1.82) is 0 Å². The van der Waals surface area contributed by atoms with Gasteiger partial charge in [-0.15, -0.1) is 0 Å². The molecule has 0 radical (unpaired) electrons. The third kappa shape index (κ3) is 4.85. The van der Waals surface area contributed by atoms with Gasteiger partial charge in [-0.1, -0.05) is 35.9 Å². The smallest absolute Gasteiger partial charge is 0.126 e. The zero-order valence-electron chi connectivity index (χ0n) is 17.9. The molecule has 0 amide bonds. The molecule has 2 nitrogen and oxygen atoms in total. The number of rotatable bonds is 6. The first-order valence-electron chi connectivity index (χ1n) is 10.5. The molecule has 0 bridgehead atoms. The topological polar surface area (TPSA) is 23.5 Å². The molecule has 2 atom stereocenters. The Labute approximate surface area is 191 Å². The molecule has 1 N–H and O–H groups in total. The van der Waals surface area contributed by atoms with Crippen molar-refractivity contribution in [1.82, 2.24) is 4.90 Å². The van der Waals surface area contributed by atoms with Gasteiger partial charge < -0.3 is 5.11 Å². The number of likely N-dealkylation sites (tertiary alicyclic amines) is 1. The number of hydrogen-bond acceptors (Lipinski definition) is 2. The standard InChI is InChI=1S/C26H25ClF3NO/c1-26(2,32)24(18-11-22(29)13-23(30)12-18)19-14-31(15-19)25(16-3-7-20(27)8-4-16)17-5-9-21(28)10-6-17/h3-13,19,24-25,32H,14-15H2,1-2H3. The van der Waals surface area contributed by atoms with Gasteiger partial charge in [-0.3, -0.25) is 4.90 Å². The number of nitrogens with zero attached hydrogens (tertiary/aromatic N) is 1. The summed E-state index contributed by atoms with van der Waals surface area (Å²) in [7, 11) is 0. The fraction of sp³-hybridized carbons (Fsp3) is 0.308. The summed E-state index contributed by atoms with van der Waals surface area (Å²) in [6, 6.07) is 17.2. The summed E-state index contributed by atoms with van der Waals surface area (Å²) in [5.41, 5.74) is 1.23. The van der Waals surface area contributed by atoms with Crippen LogP contribution >= 0.6 is 11.6 Å². The molecule has 168 valence electrons. The number of aliphatic hydroxyl groups is 1. The first kappa shape index (κ1) is 22.8. The number of hydrogen-bond donors (Lipinski definition) is 1. The molecule has 0 spiro atoms. The van der Waals surface area contributed by atoms with Crippen LogP contribution in [-0.2, 0) is 0 Å². The van der Waals surface area contributed by atoms with Crippen LogP contribution in [0.15, 0.2) is 66.7 Å². The molecule has 0 aromatic heterocycles. The van der Waals surface area contributed by atoms with E-state index >= 15 is 0 Å². The van der Waals surface area contributed by atoms with Gasteiger partial charge in [0.25, 0.3) is 0 Å². The predicted octanol–water partition coefficient (Wildman–Crippen LogP) is 6.33. The Hall–Kier alpha value is -2.34. The Kier molecular flexibility index (Phi) is 6.35. The Morgan fingerprint density at radius 1 is 0.812 bits per heavy atom. The van der Waals surface area contributed by atoms with Crippen molar-refractivity contribution in [2.24, 2.45) is 5.92 Å². The predicted molar refractivity (Wildman–Crippen MR) is 120 cm³/mol. The SMILES string of the molecule is CC(C)(O)C(c1cc(F)cc(F)c1)C1CN(C(c2ccc(F)cc2)c2ccc(Cl)cc2)C1. The zero-order chi connectivity index (χ0) is 23.0. The van der Waals surface area contributed by atoms with Gasteiger partial charge in [0, 0.05) is 30.1 Å². The molecule has 1 aliphatic rings. The molecule has 0 aliphatic carbocycles. The van der Waals surface area contributed by atoms with E-state index in [1.807, 2.05) is 24.3 Å². The van der Waals surface area contributed by atoms with E-state index in [9.17, 15) is 18.3 Å². The monoisotopic (exact) mass is 459 g/mol. The Bertz CT molecular complexity index is 1010. The van der Waals surface area contributed by atoms with Crippen molar-refractivity contribution in [3.63, 3.8) is 0 Å². The molecular formula is C26H25ClF3NO. The van der Waals surface area contributed by atoms with Crippen LogP contribution in [-0.4, -0.2) is 28.7 Å². The molecule has 3 aromatic carbocycles. The van der Waals surface area contributed by atoms with Gasteiger partial charge in [0.05, 0.1) is 11.6 Å². The fourth-order valence-electron chi connectivity index (χ4n) is 4.89. The summed E-state index contributed by atoms with van der Waals surface area (Å²) in [4.78, 5) is 2.22. The number of halogens is 4. The quantitative estimate of drug-likeness (QED) is 0.465. The van der Waals surface area contributed by atoms with Gasteiger partial charge in [-0.25, -0.2) is 13.2 Å². The Morgan fingerprint density at radius 2 is 1.31 bits per heavy atom. The van der Waals surface area contributed by atoms with E-state index in [1.54, 1.807) is 26.0 Å². The Balaban J connectivity index is 1.63. The lowest BCUT2D eigenvalue weighted by Gasteiger charge is -2.50. The average Bonchev–Trinajstić information content (AvgIpc) is 2.67. The summed E-state index contributed by atoms with van der Waals surface area (Å²) < 4.78 is 41.3. The van der Waals surface area contributed by atoms with E-state index in [2.05, 4.69) is 4.90 Å². The van der Waals surface area contributed by atoms with Crippen LogP contribution < -0.4 is 0 Å². The molecule has 1 fully saturated rings. The van der Waals surface area contributed by atoms with Crippen molar-refractivity contribution in [2.75, 3.05) is 13.1 Å². The summed E-state index contributed by atoms with van der Waals surface area (Å²) >= 11 is 6.07. The second-order valence-corrected chi connectivity index (χ2v) is 9.49. The minimum Gasteiger partial charge on any atom is -0.390 e. The molecule has 4 rings (SSSR count). The summed E-state index contributed by atoms with van der Waals surface area (Å²) in [6.07, 6.45) is 0. The average molecular weight is 460 g/mol. The van der Waals surface area contributed by atoms with Crippen LogP contribution in [0.1, 0.15) is 42.5 Å². The van der Waals surface area contributed by atoms with Crippen molar-refractivity contribution in [2.45, 2.75) is 31.4 Å². The molecule has 1 aliphatic heterocycles. The van der Waals surface area contributed by atoms with Crippen molar-refractivity contribution < 1.29 is 18.3 Å². The van der Waals surface area contributed by atoms with Crippen LogP contribution in [0.4, 0.5) is 13.2 Å². The summed E-state index contributed by atoms with van der Waals surface area (Å²) in [6.45, 7) is 4.55. The first-order valence-corrected chi connectivity index (χ1v) is 10.9. The van der Waals surface area contributed by atoms with E-state index in [4.69, 9.17) is 11.6 Å². The third-order valence-electron chi connectivity index (χ3n) is 6.15. The van der Waals surface area contributed by atoms with Gasteiger partial charge in [-0.05, 0) is 72.9 Å². The maximum absolute atomic E-state index is 13.9. The maximum atomic E-state index is 13.9. The summed E-state index contributed by atoms with van der Waals surface area (Å²) in [5.74, 6) is -2.07. The largest absolute Gasteiger partial charge is 0.390 e. The van der Waals surface area contributed by atoms with Gasteiger partial charge in [0.15, 0.2) is 0 Å². The van der Waals surface area contributed by atoms with Gasteiger partial charge in [0.2, 0.25) is 0 Å².